The third kappa shape index (κ3) is 8.21. The summed E-state index contributed by atoms with van der Waals surface area (Å²) in [6.07, 6.45) is 6.58. The maximum absolute atomic E-state index is 2.53. The number of rotatable bonds is 8. The Hall–Kier alpha value is -1.56. The van der Waals surface area contributed by atoms with E-state index in [1.54, 1.807) is 0 Å². The molecule has 2 aromatic rings. The second-order valence-corrected chi connectivity index (χ2v) is 15.9. The summed E-state index contributed by atoms with van der Waals surface area (Å²) in [5.41, 5.74) is 9.46. The van der Waals surface area contributed by atoms with Gasteiger partial charge >= 0.3 is 0 Å². The summed E-state index contributed by atoms with van der Waals surface area (Å²) in [7, 11) is 0. The van der Waals surface area contributed by atoms with Gasteiger partial charge in [-0.15, -0.1) is 0 Å². The van der Waals surface area contributed by atoms with Crippen LogP contribution in [0, 0.1) is 5.92 Å². The van der Waals surface area contributed by atoms with E-state index in [2.05, 4.69) is 133 Å². The lowest BCUT2D eigenvalue weighted by Crippen LogP contribution is -2.25. The molecule has 0 aliphatic heterocycles. The molecule has 0 nitrogen and oxygen atoms in total. The molecule has 1 unspecified atom stereocenters. The Morgan fingerprint density at radius 2 is 0.946 bits per heavy atom. The van der Waals surface area contributed by atoms with Crippen LogP contribution in [0.5, 0.6) is 0 Å². The van der Waals surface area contributed by atoms with Gasteiger partial charge in [0.05, 0.1) is 0 Å². The molecule has 37 heavy (non-hydrogen) atoms. The van der Waals surface area contributed by atoms with E-state index >= 15 is 0 Å². The van der Waals surface area contributed by atoms with Gasteiger partial charge in [-0.25, -0.2) is 0 Å². The molecule has 0 spiro atoms. The molecule has 0 N–H and O–H groups in total. The summed E-state index contributed by atoms with van der Waals surface area (Å²) in [4.78, 5) is 0. The molecule has 2 aromatic carbocycles. The van der Waals surface area contributed by atoms with Crippen molar-refractivity contribution >= 4 is 0 Å². The molecule has 0 saturated heterocycles. The minimum atomic E-state index is 0.0873. The van der Waals surface area contributed by atoms with Crippen molar-refractivity contribution in [3.8, 4) is 0 Å². The first-order chi connectivity index (χ1) is 16.8. The van der Waals surface area contributed by atoms with Crippen molar-refractivity contribution in [2.24, 2.45) is 5.92 Å². The van der Waals surface area contributed by atoms with Gasteiger partial charge in [0.25, 0.3) is 0 Å². The van der Waals surface area contributed by atoms with Crippen molar-refractivity contribution in [2.45, 2.75) is 157 Å². The van der Waals surface area contributed by atoms with Gasteiger partial charge in [-0.1, -0.05) is 159 Å². The Bertz CT molecular complexity index is 932. The molecule has 0 aromatic heterocycles. The zero-order valence-corrected chi connectivity index (χ0v) is 27.2. The fourth-order valence-corrected chi connectivity index (χ4v) is 5.73. The smallest absolute Gasteiger partial charge is 0.0121 e. The van der Waals surface area contributed by atoms with Crippen LogP contribution >= 0.6 is 0 Å². The lowest BCUT2D eigenvalue weighted by atomic mass is 9.68. The van der Waals surface area contributed by atoms with E-state index < -0.39 is 0 Å². The monoisotopic (exact) mass is 504 g/mol. The second kappa shape index (κ2) is 11.7. The van der Waals surface area contributed by atoms with Crippen molar-refractivity contribution in [1.29, 1.82) is 0 Å². The Morgan fingerprint density at radius 1 is 0.541 bits per heavy atom. The Balaban J connectivity index is 2.84. The third-order valence-corrected chi connectivity index (χ3v) is 8.21. The number of hydrogen-bond acceptors (Lipinski definition) is 0. The zero-order chi connectivity index (χ0) is 28.4. The predicted octanol–water partition coefficient (Wildman–Crippen LogP) is 11.6. The van der Waals surface area contributed by atoms with E-state index in [9.17, 15) is 0 Å². The average molecular weight is 505 g/mol. The molecule has 0 aliphatic rings. The lowest BCUT2D eigenvalue weighted by molar-refractivity contribution is 0.430. The Kier molecular flexibility index (Phi) is 9.99. The van der Waals surface area contributed by atoms with Crippen molar-refractivity contribution < 1.29 is 0 Å². The van der Waals surface area contributed by atoms with Crippen LogP contribution in [0.25, 0.3) is 0 Å². The van der Waals surface area contributed by atoms with Crippen LogP contribution < -0.4 is 0 Å². The highest BCUT2D eigenvalue weighted by atomic mass is 14.4. The van der Waals surface area contributed by atoms with Gasteiger partial charge in [-0.2, -0.15) is 0 Å². The van der Waals surface area contributed by atoms with E-state index in [1.807, 2.05) is 0 Å². The molecule has 208 valence electrons. The summed E-state index contributed by atoms with van der Waals surface area (Å²) in [6, 6.07) is 14.9. The van der Waals surface area contributed by atoms with E-state index in [0.717, 1.165) is 0 Å². The minimum absolute atomic E-state index is 0.0873. The summed E-state index contributed by atoms with van der Waals surface area (Å²) >= 11 is 0. The van der Waals surface area contributed by atoms with E-state index in [0.29, 0.717) is 11.8 Å². The summed E-state index contributed by atoms with van der Waals surface area (Å²) < 4.78 is 0. The molecule has 0 aliphatic carbocycles. The molecule has 0 fully saturated rings. The van der Waals surface area contributed by atoms with Gasteiger partial charge in [0.2, 0.25) is 0 Å². The SMILES string of the molecule is CCCCCCC(C)C(c1ccc(C(C)(C)C)cc1C(C)(C)C)c1ccc(C(C)(C)C)cc1C(C)(C)C. The summed E-state index contributed by atoms with van der Waals surface area (Å²) in [6.45, 7) is 33.2. The standard InChI is InChI=1S/C37H60/c1-15-16-17-18-19-26(2)33(29-22-20-27(34(3,4)5)24-31(29)36(9,10)11)30-23-21-28(35(6,7)8)25-32(30)37(12,13)14/h20-26,33H,15-19H2,1-14H3. The fourth-order valence-electron chi connectivity index (χ4n) is 5.73. The van der Waals surface area contributed by atoms with Crippen LogP contribution in [0.4, 0.5) is 0 Å². The molecule has 0 bridgehead atoms. The molecule has 0 radical (unpaired) electrons. The molecule has 0 amide bonds. The first-order valence-electron chi connectivity index (χ1n) is 15.1. The average Bonchev–Trinajstić information content (AvgIpc) is 2.74. The third-order valence-electron chi connectivity index (χ3n) is 8.21. The van der Waals surface area contributed by atoms with Gasteiger partial charge in [0.1, 0.15) is 0 Å². The van der Waals surface area contributed by atoms with Gasteiger partial charge in [-0.05, 0) is 67.4 Å². The van der Waals surface area contributed by atoms with E-state index in [1.165, 1.54) is 65.5 Å². The number of unbranched alkanes of at least 4 members (excludes halogenated alkanes) is 3. The predicted molar refractivity (Wildman–Crippen MR) is 167 cm³/mol. The van der Waals surface area contributed by atoms with Gasteiger partial charge in [0.15, 0.2) is 0 Å². The Morgan fingerprint density at radius 3 is 1.27 bits per heavy atom. The van der Waals surface area contributed by atoms with Crippen LogP contribution in [0.15, 0.2) is 36.4 Å². The highest BCUT2D eigenvalue weighted by Crippen LogP contribution is 2.45. The van der Waals surface area contributed by atoms with Gasteiger partial charge in [0, 0.05) is 5.92 Å². The highest BCUT2D eigenvalue weighted by Gasteiger charge is 2.33. The quantitative estimate of drug-likeness (QED) is 0.313. The fraction of sp³-hybridized carbons (Fsp3) is 0.676. The van der Waals surface area contributed by atoms with Crippen molar-refractivity contribution in [3.63, 3.8) is 0 Å². The zero-order valence-electron chi connectivity index (χ0n) is 27.2. The molecule has 1 atom stereocenters. The first kappa shape index (κ1) is 31.7. The van der Waals surface area contributed by atoms with E-state index in [-0.39, 0.29) is 21.7 Å². The minimum Gasteiger partial charge on any atom is -0.0654 e. The molecular formula is C37H60. The van der Waals surface area contributed by atoms with Crippen molar-refractivity contribution in [3.05, 3.63) is 69.8 Å². The van der Waals surface area contributed by atoms with Crippen LogP contribution in [-0.2, 0) is 21.7 Å². The maximum Gasteiger partial charge on any atom is 0.0121 e. The van der Waals surface area contributed by atoms with Crippen LogP contribution in [0.1, 0.15) is 168 Å². The maximum atomic E-state index is 2.53. The van der Waals surface area contributed by atoms with Crippen molar-refractivity contribution in [2.75, 3.05) is 0 Å². The van der Waals surface area contributed by atoms with Crippen LogP contribution in [0.3, 0.4) is 0 Å². The number of benzene rings is 2. The molecule has 2 rings (SSSR count). The summed E-state index contributed by atoms with van der Waals surface area (Å²) in [5.74, 6) is 0.980. The lowest BCUT2D eigenvalue weighted by Gasteiger charge is -2.37. The topological polar surface area (TPSA) is 0 Å². The largest absolute Gasteiger partial charge is 0.0654 e. The molecule has 0 heteroatoms. The molecule has 0 saturated carbocycles. The molecule has 0 heterocycles. The van der Waals surface area contributed by atoms with Crippen molar-refractivity contribution in [1.82, 2.24) is 0 Å². The number of hydrogen-bond donors (Lipinski definition) is 0. The van der Waals surface area contributed by atoms with Crippen LogP contribution in [0.2, 0.25) is 0 Å². The highest BCUT2D eigenvalue weighted by molar-refractivity contribution is 5.50. The van der Waals surface area contributed by atoms with Crippen LogP contribution in [-0.4, -0.2) is 0 Å². The first-order valence-corrected chi connectivity index (χ1v) is 15.1. The molecular weight excluding hydrogens is 444 g/mol. The normalized spacial score (nSPS) is 14.4. The Labute approximate surface area is 232 Å². The van der Waals surface area contributed by atoms with Gasteiger partial charge < -0.3 is 0 Å². The van der Waals surface area contributed by atoms with Gasteiger partial charge in [-0.3, -0.25) is 0 Å². The second-order valence-electron chi connectivity index (χ2n) is 15.9. The van der Waals surface area contributed by atoms with E-state index in [4.69, 9.17) is 0 Å². The summed E-state index contributed by atoms with van der Waals surface area (Å²) in [5, 5.41) is 0.